The summed E-state index contributed by atoms with van der Waals surface area (Å²) in [6.45, 7) is 9.43. The second-order valence-electron chi connectivity index (χ2n) is 6.09. The Balaban J connectivity index is 2.53. The van der Waals surface area contributed by atoms with E-state index in [-0.39, 0.29) is 12.0 Å². The molecule has 1 N–H and O–H groups in total. The SMILES string of the molecule is CC(C)C1(C)CNCC(C)(CCCC(F)(F)F)O1. The molecule has 0 spiro atoms. The van der Waals surface area contributed by atoms with E-state index in [0.717, 1.165) is 6.54 Å². The Morgan fingerprint density at radius 3 is 2.33 bits per heavy atom. The molecular formula is C13H24F3NO. The van der Waals surface area contributed by atoms with Crippen LogP contribution in [0.4, 0.5) is 13.2 Å². The predicted octanol–water partition coefficient (Wildman–Crippen LogP) is 3.51. The van der Waals surface area contributed by atoms with E-state index in [9.17, 15) is 13.2 Å². The van der Waals surface area contributed by atoms with Gasteiger partial charge in [-0.25, -0.2) is 0 Å². The second-order valence-corrected chi connectivity index (χ2v) is 6.09. The Labute approximate surface area is 107 Å². The molecule has 2 nitrogen and oxygen atoms in total. The van der Waals surface area contributed by atoms with Crippen LogP contribution >= 0.6 is 0 Å². The monoisotopic (exact) mass is 267 g/mol. The zero-order valence-corrected chi connectivity index (χ0v) is 11.7. The normalized spacial score (nSPS) is 34.0. The minimum atomic E-state index is -4.07. The van der Waals surface area contributed by atoms with Gasteiger partial charge in [-0.2, -0.15) is 13.2 Å². The Kier molecular flexibility index (Phi) is 4.70. The van der Waals surface area contributed by atoms with Crippen LogP contribution in [0, 0.1) is 5.92 Å². The fraction of sp³-hybridized carbons (Fsp3) is 1.00. The highest BCUT2D eigenvalue weighted by Gasteiger charge is 2.42. The Bertz CT molecular complexity index is 280. The molecule has 0 aromatic heterocycles. The summed E-state index contributed by atoms with van der Waals surface area (Å²) in [5.41, 5.74) is -0.798. The molecule has 18 heavy (non-hydrogen) atoms. The molecule has 0 saturated carbocycles. The molecule has 2 atom stereocenters. The quantitative estimate of drug-likeness (QED) is 0.841. The van der Waals surface area contributed by atoms with Gasteiger partial charge in [-0.1, -0.05) is 13.8 Å². The fourth-order valence-electron chi connectivity index (χ4n) is 2.33. The molecule has 0 aliphatic carbocycles. The summed E-state index contributed by atoms with van der Waals surface area (Å²) in [6, 6.07) is 0. The minimum Gasteiger partial charge on any atom is -0.366 e. The molecule has 0 aromatic carbocycles. The van der Waals surface area contributed by atoms with E-state index >= 15 is 0 Å². The van der Waals surface area contributed by atoms with Gasteiger partial charge < -0.3 is 10.1 Å². The van der Waals surface area contributed by atoms with Crippen LogP contribution in [0.3, 0.4) is 0 Å². The van der Waals surface area contributed by atoms with Gasteiger partial charge in [0.15, 0.2) is 0 Å². The van der Waals surface area contributed by atoms with Crippen LogP contribution in [0.25, 0.3) is 0 Å². The largest absolute Gasteiger partial charge is 0.389 e. The number of halogens is 3. The van der Waals surface area contributed by atoms with Crippen molar-refractivity contribution in [1.29, 1.82) is 0 Å². The van der Waals surface area contributed by atoms with Gasteiger partial charge in [0, 0.05) is 19.5 Å². The number of nitrogens with one attached hydrogen (secondary N) is 1. The van der Waals surface area contributed by atoms with E-state index in [1.165, 1.54) is 0 Å². The van der Waals surface area contributed by atoms with Crippen LogP contribution < -0.4 is 5.32 Å². The predicted molar refractivity (Wildman–Crippen MR) is 65.5 cm³/mol. The van der Waals surface area contributed by atoms with E-state index < -0.39 is 18.2 Å². The molecule has 1 aliphatic heterocycles. The maximum atomic E-state index is 12.2. The third-order valence-corrected chi connectivity index (χ3v) is 3.84. The molecule has 1 rings (SSSR count). The highest BCUT2D eigenvalue weighted by atomic mass is 19.4. The summed E-state index contributed by atoms with van der Waals surface area (Å²) in [5, 5.41) is 3.29. The van der Waals surface area contributed by atoms with Crippen LogP contribution in [0.5, 0.6) is 0 Å². The summed E-state index contributed by atoms with van der Waals surface area (Å²) in [4.78, 5) is 0. The van der Waals surface area contributed by atoms with Crippen LogP contribution in [-0.4, -0.2) is 30.5 Å². The van der Waals surface area contributed by atoms with Gasteiger partial charge in [0.25, 0.3) is 0 Å². The molecule has 2 unspecified atom stereocenters. The van der Waals surface area contributed by atoms with Crippen LogP contribution in [0.15, 0.2) is 0 Å². The first-order valence-electron chi connectivity index (χ1n) is 6.54. The number of ether oxygens (including phenoxy) is 1. The lowest BCUT2D eigenvalue weighted by atomic mass is 9.86. The Hall–Kier alpha value is -0.290. The fourth-order valence-corrected chi connectivity index (χ4v) is 2.33. The van der Waals surface area contributed by atoms with Crippen molar-refractivity contribution in [3.63, 3.8) is 0 Å². The lowest BCUT2D eigenvalue weighted by Crippen LogP contribution is -2.60. The topological polar surface area (TPSA) is 21.3 Å². The first-order chi connectivity index (χ1) is 8.06. The van der Waals surface area contributed by atoms with Crippen molar-refractivity contribution < 1.29 is 17.9 Å². The summed E-state index contributed by atoms with van der Waals surface area (Å²) >= 11 is 0. The molecular weight excluding hydrogens is 243 g/mol. The molecule has 0 aromatic rings. The minimum absolute atomic E-state index is 0.121. The van der Waals surface area contributed by atoms with E-state index in [1.54, 1.807) is 0 Å². The zero-order chi connectivity index (χ0) is 14.0. The van der Waals surface area contributed by atoms with Gasteiger partial charge in [-0.3, -0.25) is 0 Å². The van der Waals surface area contributed by atoms with Gasteiger partial charge >= 0.3 is 6.18 Å². The number of alkyl halides is 3. The van der Waals surface area contributed by atoms with Crippen molar-refractivity contribution in [3.8, 4) is 0 Å². The van der Waals surface area contributed by atoms with Crippen molar-refractivity contribution in [2.75, 3.05) is 13.1 Å². The Morgan fingerprint density at radius 1 is 1.22 bits per heavy atom. The maximum Gasteiger partial charge on any atom is 0.389 e. The van der Waals surface area contributed by atoms with Crippen LogP contribution in [-0.2, 0) is 4.74 Å². The van der Waals surface area contributed by atoms with Crippen LogP contribution in [0.2, 0.25) is 0 Å². The van der Waals surface area contributed by atoms with Crippen molar-refractivity contribution in [3.05, 3.63) is 0 Å². The average molecular weight is 267 g/mol. The third kappa shape index (κ3) is 4.43. The number of morpholine rings is 1. The van der Waals surface area contributed by atoms with Crippen molar-refractivity contribution in [2.24, 2.45) is 5.92 Å². The highest BCUT2D eigenvalue weighted by molar-refractivity contribution is 4.93. The van der Waals surface area contributed by atoms with Gasteiger partial charge in [0.1, 0.15) is 0 Å². The highest BCUT2D eigenvalue weighted by Crippen LogP contribution is 2.34. The maximum absolute atomic E-state index is 12.2. The van der Waals surface area contributed by atoms with Crippen molar-refractivity contribution >= 4 is 0 Å². The van der Waals surface area contributed by atoms with Crippen molar-refractivity contribution in [2.45, 2.75) is 64.3 Å². The molecule has 1 saturated heterocycles. The zero-order valence-electron chi connectivity index (χ0n) is 11.7. The smallest absolute Gasteiger partial charge is 0.366 e. The molecule has 1 fully saturated rings. The number of hydrogen-bond donors (Lipinski definition) is 1. The third-order valence-electron chi connectivity index (χ3n) is 3.84. The molecule has 0 amide bonds. The molecule has 0 bridgehead atoms. The first-order valence-corrected chi connectivity index (χ1v) is 6.54. The van der Waals surface area contributed by atoms with E-state index in [2.05, 4.69) is 19.2 Å². The Morgan fingerprint density at radius 2 is 1.83 bits per heavy atom. The van der Waals surface area contributed by atoms with Gasteiger partial charge in [-0.15, -0.1) is 0 Å². The summed E-state index contributed by atoms with van der Waals surface area (Å²) < 4.78 is 42.6. The summed E-state index contributed by atoms with van der Waals surface area (Å²) in [6.07, 6.45) is -4.25. The lowest BCUT2D eigenvalue weighted by Gasteiger charge is -2.48. The first kappa shape index (κ1) is 15.8. The summed E-state index contributed by atoms with van der Waals surface area (Å²) in [5.74, 6) is 0.326. The van der Waals surface area contributed by atoms with Gasteiger partial charge in [0.2, 0.25) is 0 Å². The number of rotatable bonds is 4. The standard InChI is InChI=1S/C13H24F3NO/c1-10(2)12(4)9-17-8-11(3,18-12)6-5-7-13(14,15)16/h10,17H,5-9H2,1-4H3. The van der Waals surface area contributed by atoms with E-state index in [0.29, 0.717) is 18.9 Å². The molecule has 1 aliphatic rings. The summed E-state index contributed by atoms with van der Waals surface area (Å²) in [7, 11) is 0. The van der Waals surface area contributed by atoms with E-state index in [4.69, 9.17) is 4.74 Å². The number of hydrogen-bond acceptors (Lipinski definition) is 2. The molecule has 5 heteroatoms. The average Bonchev–Trinajstić information content (AvgIpc) is 2.14. The van der Waals surface area contributed by atoms with Gasteiger partial charge in [-0.05, 0) is 32.6 Å². The molecule has 1 heterocycles. The van der Waals surface area contributed by atoms with Crippen molar-refractivity contribution in [1.82, 2.24) is 5.32 Å². The molecule has 0 radical (unpaired) electrons. The molecule has 108 valence electrons. The van der Waals surface area contributed by atoms with Crippen LogP contribution in [0.1, 0.15) is 47.0 Å². The van der Waals surface area contributed by atoms with E-state index in [1.807, 2.05) is 13.8 Å². The van der Waals surface area contributed by atoms with Gasteiger partial charge in [0.05, 0.1) is 11.2 Å². The second kappa shape index (κ2) is 5.37. The lowest BCUT2D eigenvalue weighted by molar-refractivity contribution is -0.188.